The molecular formula is C13H16FN3O. The van der Waals surface area contributed by atoms with Crippen molar-refractivity contribution < 1.29 is 9.18 Å². The molecule has 5 heteroatoms. The highest BCUT2D eigenvalue weighted by Crippen LogP contribution is 2.18. The minimum atomic E-state index is -0.630. The molecule has 4 nitrogen and oxygen atoms in total. The van der Waals surface area contributed by atoms with Gasteiger partial charge in [0.2, 0.25) is 5.91 Å². The number of hydrogen-bond donors (Lipinski definition) is 2. The molecule has 0 heterocycles. The van der Waals surface area contributed by atoms with Crippen molar-refractivity contribution in [3.8, 4) is 6.07 Å². The number of carbonyl (C=O) groups excluding carboxylic acids is 1. The van der Waals surface area contributed by atoms with Gasteiger partial charge in [0.05, 0.1) is 5.69 Å². The zero-order valence-corrected chi connectivity index (χ0v) is 10.5. The fraction of sp³-hybridized carbons (Fsp3) is 0.385. The van der Waals surface area contributed by atoms with Gasteiger partial charge in [-0.25, -0.2) is 4.39 Å². The van der Waals surface area contributed by atoms with Crippen LogP contribution in [0.2, 0.25) is 0 Å². The Bertz CT molecular complexity index is 468. The first kappa shape index (κ1) is 14.1. The van der Waals surface area contributed by atoms with Gasteiger partial charge in [0.1, 0.15) is 17.4 Å². The number of nitriles is 1. The second-order valence-corrected chi connectivity index (χ2v) is 3.97. The van der Waals surface area contributed by atoms with Gasteiger partial charge in [0, 0.05) is 12.5 Å². The zero-order chi connectivity index (χ0) is 13.5. The summed E-state index contributed by atoms with van der Waals surface area (Å²) in [6.45, 7) is 5.04. The number of anilines is 1. The minimum absolute atomic E-state index is 0.137. The van der Waals surface area contributed by atoms with Gasteiger partial charge in [-0.1, -0.05) is 19.9 Å². The summed E-state index contributed by atoms with van der Waals surface area (Å²) >= 11 is 0. The van der Waals surface area contributed by atoms with E-state index in [1.54, 1.807) is 13.0 Å². The van der Waals surface area contributed by atoms with Crippen LogP contribution < -0.4 is 10.6 Å². The average molecular weight is 249 g/mol. The molecule has 1 amide bonds. The highest BCUT2D eigenvalue weighted by atomic mass is 19.1. The SMILES string of the molecule is CCNCC(C)C(=O)Nc1cccc(F)c1C#N. The van der Waals surface area contributed by atoms with Gasteiger partial charge in [-0.3, -0.25) is 4.79 Å². The van der Waals surface area contributed by atoms with Gasteiger partial charge < -0.3 is 10.6 Å². The Morgan fingerprint density at radius 1 is 1.56 bits per heavy atom. The molecule has 18 heavy (non-hydrogen) atoms. The molecule has 0 aliphatic heterocycles. The first-order valence-corrected chi connectivity index (χ1v) is 5.80. The summed E-state index contributed by atoms with van der Waals surface area (Å²) in [5.41, 5.74) is 0.0762. The molecule has 0 saturated carbocycles. The Morgan fingerprint density at radius 3 is 2.89 bits per heavy atom. The number of nitrogens with zero attached hydrogens (tertiary/aromatic N) is 1. The van der Waals surface area contributed by atoms with Gasteiger partial charge in [-0.05, 0) is 18.7 Å². The van der Waals surface area contributed by atoms with Crippen molar-refractivity contribution in [3.05, 3.63) is 29.6 Å². The van der Waals surface area contributed by atoms with E-state index >= 15 is 0 Å². The van der Waals surface area contributed by atoms with E-state index in [2.05, 4.69) is 10.6 Å². The number of halogens is 1. The maximum atomic E-state index is 13.3. The Hall–Kier alpha value is -1.93. The first-order chi connectivity index (χ1) is 8.60. The number of benzene rings is 1. The molecule has 1 aromatic rings. The van der Waals surface area contributed by atoms with Gasteiger partial charge >= 0.3 is 0 Å². The van der Waals surface area contributed by atoms with E-state index in [1.807, 2.05) is 6.92 Å². The lowest BCUT2D eigenvalue weighted by Gasteiger charge is -2.13. The quantitative estimate of drug-likeness (QED) is 0.837. The summed E-state index contributed by atoms with van der Waals surface area (Å²) in [5.74, 6) is -1.12. The molecular weight excluding hydrogens is 233 g/mol. The third-order valence-corrected chi connectivity index (χ3v) is 2.53. The molecule has 96 valence electrons. The van der Waals surface area contributed by atoms with Crippen LogP contribution >= 0.6 is 0 Å². The number of carbonyl (C=O) groups is 1. The van der Waals surface area contributed by atoms with E-state index in [-0.39, 0.29) is 23.1 Å². The second-order valence-electron chi connectivity index (χ2n) is 3.97. The average Bonchev–Trinajstić information content (AvgIpc) is 2.36. The normalized spacial score (nSPS) is 11.7. The van der Waals surface area contributed by atoms with Crippen LogP contribution in [0.15, 0.2) is 18.2 Å². The highest BCUT2D eigenvalue weighted by molar-refractivity contribution is 5.93. The molecule has 0 aliphatic carbocycles. The molecule has 0 aliphatic rings. The van der Waals surface area contributed by atoms with E-state index in [9.17, 15) is 9.18 Å². The topological polar surface area (TPSA) is 64.9 Å². The van der Waals surface area contributed by atoms with Crippen molar-refractivity contribution in [1.82, 2.24) is 5.32 Å². The second kappa shape index (κ2) is 6.72. The Kier molecular flexibility index (Phi) is 5.28. The van der Waals surface area contributed by atoms with Crippen LogP contribution in [-0.4, -0.2) is 19.0 Å². The predicted octanol–water partition coefficient (Wildman–Crippen LogP) is 1.88. The molecule has 0 fully saturated rings. The van der Waals surface area contributed by atoms with Crippen molar-refractivity contribution in [3.63, 3.8) is 0 Å². The molecule has 1 aromatic carbocycles. The molecule has 0 aromatic heterocycles. The van der Waals surface area contributed by atoms with Crippen LogP contribution in [-0.2, 0) is 4.79 Å². The summed E-state index contributed by atoms with van der Waals surface area (Å²) < 4.78 is 13.3. The predicted molar refractivity (Wildman–Crippen MR) is 67.5 cm³/mol. The van der Waals surface area contributed by atoms with E-state index in [1.165, 1.54) is 18.2 Å². The van der Waals surface area contributed by atoms with E-state index in [0.717, 1.165) is 6.54 Å². The summed E-state index contributed by atoms with van der Waals surface area (Å²) in [6.07, 6.45) is 0. The number of nitrogens with one attached hydrogen (secondary N) is 2. The largest absolute Gasteiger partial charge is 0.325 e. The maximum Gasteiger partial charge on any atom is 0.228 e. The third kappa shape index (κ3) is 3.54. The van der Waals surface area contributed by atoms with E-state index in [4.69, 9.17) is 5.26 Å². The molecule has 1 rings (SSSR count). The Morgan fingerprint density at radius 2 is 2.28 bits per heavy atom. The monoisotopic (exact) mass is 249 g/mol. The van der Waals surface area contributed by atoms with Gasteiger partial charge in [-0.15, -0.1) is 0 Å². The molecule has 2 N–H and O–H groups in total. The first-order valence-electron chi connectivity index (χ1n) is 5.80. The van der Waals surface area contributed by atoms with Crippen molar-refractivity contribution in [2.24, 2.45) is 5.92 Å². The fourth-order valence-electron chi connectivity index (χ4n) is 1.45. The van der Waals surface area contributed by atoms with Crippen molar-refractivity contribution in [2.75, 3.05) is 18.4 Å². The van der Waals surface area contributed by atoms with Crippen molar-refractivity contribution >= 4 is 11.6 Å². The third-order valence-electron chi connectivity index (χ3n) is 2.53. The number of amides is 1. The lowest BCUT2D eigenvalue weighted by atomic mass is 10.1. The van der Waals surface area contributed by atoms with Crippen LogP contribution in [0.25, 0.3) is 0 Å². The summed E-state index contributed by atoms with van der Waals surface area (Å²) in [4.78, 5) is 11.8. The standard InChI is InChI=1S/C13H16FN3O/c1-3-16-8-9(2)13(18)17-12-6-4-5-11(14)10(12)7-15/h4-6,9,16H,3,8H2,1-2H3,(H,17,18). The van der Waals surface area contributed by atoms with Gasteiger partial charge in [0.25, 0.3) is 0 Å². The summed E-state index contributed by atoms with van der Waals surface area (Å²) in [6, 6.07) is 5.91. The van der Waals surface area contributed by atoms with E-state index in [0.29, 0.717) is 6.54 Å². The molecule has 0 saturated heterocycles. The summed E-state index contributed by atoms with van der Waals surface area (Å²) in [5, 5.41) is 14.5. The van der Waals surface area contributed by atoms with Crippen LogP contribution in [0, 0.1) is 23.1 Å². The van der Waals surface area contributed by atoms with Crippen LogP contribution in [0.5, 0.6) is 0 Å². The molecule has 1 atom stereocenters. The minimum Gasteiger partial charge on any atom is -0.325 e. The summed E-state index contributed by atoms with van der Waals surface area (Å²) in [7, 11) is 0. The zero-order valence-electron chi connectivity index (χ0n) is 10.5. The lowest BCUT2D eigenvalue weighted by molar-refractivity contribution is -0.119. The Balaban J connectivity index is 2.76. The molecule has 0 radical (unpaired) electrons. The van der Waals surface area contributed by atoms with Gasteiger partial charge in [-0.2, -0.15) is 5.26 Å². The van der Waals surface area contributed by atoms with Crippen LogP contribution in [0.4, 0.5) is 10.1 Å². The van der Waals surface area contributed by atoms with E-state index < -0.39 is 5.82 Å². The van der Waals surface area contributed by atoms with Crippen LogP contribution in [0.1, 0.15) is 19.4 Å². The van der Waals surface area contributed by atoms with Crippen molar-refractivity contribution in [1.29, 1.82) is 5.26 Å². The number of hydrogen-bond acceptors (Lipinski definition) is 3. The Labute approximate surface area is 106 Å². The van der Waals surface area contributed by atoms with Gasteiger partial charge in [0.15, 0.2) is 0 Å². The lowest BCUT2D eigenvalue weighted by Crippen LogP contribution is -2.30. The highest BCUT2D eigenvalue weighted by Gasteiger charge is 2.15. The van der Waals surface area contributed by atoms with Crippen LogP contribution in [0.3, 0.4) is 0 Å². The molecule has 1 unspecified atom stereocenters. The number of rotatable bonds is 5. The fourth-order valence-corrected chi connectivity index (χ4v) is 1.45. The van der Waals surface area contributed by atoms with Crippen molar-refractivity contribution in [2.45, 2.75) is 13.8 Å². The molecule has 0 bridgehead atoms. The maximum absolute atomic E-state index is 13.3. The smallest absolute Gasteiger partial charge is 0.228 e. The molecule has 0 spiro atoms.